The molecule has 1 aromatic carbocycles. The van der Waals surface area contributed by atoms with Crippen LogP contribution in [0.15, 0.2) is 41.8 Å². The molecule has 31 heavy (non-hydrogen) atoms. The molecule has 0 bridgehead atoms. The van der Waals surface area contributed by atoms with Crippen molar-refractivity contribution in [3.8, 4) is 0 Å². The smallest absolute Gasteiger partial charge is 0.361 e. The summed E-state index contributed by atoms with van der Waals surface area (Å²) in [7, 11) is 0. The average molecular weight is 467 g/mol. The molecule has 0 unspecified atom stereocenters. The number of carbonyl (C=O) groups excluding carboxylic acids is 1. The largest absolute Gasteiger partial charge is 0.410 e. The predicted octanol–water partition coefficient (Wildman–Crippen LogP) is 5.85. The van der Waals surface area contributed by atoms with Gasteiger partial charge in [-0.3, -0.25) is 4.79 Å². The Labute approximate surface area is 185 Å². The van der Waals surface area contributed by atoms with Crippen LogP contribution in [-0.2, 0) is 6.42 Å². The van der Waals surface area contributed by atoms with Crippen LogP contribution in [0.3, 0.4) is 0 Å². The molecular formula is C21H18ClF3N4OS. The van der Waals surface area contributed by atoms with Gasteiger partial charge in [-0.1, -0.05) is 35.9 Å². The zero-order valence-corrected chi connectivity index (χ0v) is 17.8. The van der Waals surface area contributed by atoms with Gasteiger partial charge in [0.15, 0.2) is 11.7 Å². The molecule has 0 saturated heterocycles. The summed E-state index contributed by atoms with van der Waals surface area (Å²) in [5.74, 6) is -0.461. The maximum atomic E-state index is 13.9. The lowest BCUT2D eigenvalue weighted by Crippen LogP contribution is -2.37. The molecule has 1 N–H and O–H groups in total. The summed E-state index contributed by atoms with van der Waals surface area (Å²) >= 11 is 7.84. The number of alkyl halides is 3. The van der Waals surface area contributed by atoms with Crippen molar-refractivity contribution in [1.29, 1.82) is 0 Å². The van der Waals surface area contributed by atoms with Crippen molar-refractivity contribution in [1.82, 2.24) is 9.78 Å². The first-order chi connectivity index (χ1) is 14.8. The number of benzene rings is 1. The first-order valence-corrected chi connectivity index (χ1v) is 11.1. The Morgan fingerprint density at radius 3 is 2.77 bits per heavy atom. The molecule has 162 valence electrons. The summed E-state index contributed by atoms with van der Waals surface area (Å²) in [6, 6.07) is 8.65. The van der Waals surface area contributed by atoms with Crippen molar-refractivity contribution in [2.24, 2.45) is 0 Å². The average Bonchev–Trinajstić information content (AvgIpc) is 3.40. The van der Waals surface area contributed by atoms with E-state index in [0.717, 1.165) is 33.7 Å². The van der Waals surface area contributed by atoms with Gasteiger partial charge in [-0.05, 0) is 35.9 Å². The third-order valence-corrected chi connectivity index (χ3v) is 7.08. The van der Waals surface area contributed by atoms with Crippen molar-refractivity contribution >= 4 is 40.4 Å². The van der Waals surface area contributed by atoms with E-state index in [1.165, 1.54) is 11.3 Å². The van der Waals surface area contributed by atoms with Crippen molar-refractivity contribution in [3.63, 3.8) is 0 Å². The van der Waals surface area contributed by atoms with E-state index in [-0.39, 0.29) is 23.0 Å². The number of rotatable bonds is 2. The van der Waals surface area contributed by atoms with Gasteiger partial charge < -0.3 is 10.2 Å². The summed E-state index contributed by atoms with van der Waals surface area (Å²) < 4.78 is 42.5. The summed E-state index contributed by atoms with van der Waals surface area (Å²) in [4.78, 5) is 15.7. The first kappa shape index (κ1) is 20.4. The van der Waals surface area contributed by atoms with Gasteiger partial charge in [-0.25, -0.2) is 4.68 Å². The van der Waals surface area contributed by atoms with E-state index in [1.54, 1.807) is 17.0 Å². The van der Waals surface area contributed by atoms with Crippen LogP contribution in [0.25, 0.3) is 0 Å². The number of carbonyl (C=O) groups is 1. The normalized spacial score (nSPS) is 20.7. The Morgan fingerprint density at radius 2 is 2.03 bits per heavy atom. The molecule has 1 amide bonds. The van der Waals surface area contributed by atoms with E-state index in [1.807, 2.05) is 29.6 Å². The van der Waals surface area contributed by atoms with Crippen LogP contribution < -0.4 is 10.2 Å². The number of hydrogen-bond acceptors (Lipinski definition) is 4. The van der Waals surface area contributed by atoms with E-state index in [4.69, 9.17) is 11.6 Å². The van der Waals surface area contributed by atoms with E-state index in [9.17, 15) is 18.0 Å². The van der Waals surface area contributed by atoms with Gasteiger partial charge in [0.25, 0.3) is 5.91 Å². The Kier molecular flexibility index (Phi) is 4.97. The van der Waals surface area contributed by atoms with E-state index in [2.05, 4.69) is 10.4 Å². The second-order valence-corrected chi connectivity index (χ2v) is 9.01. The molecule has 0 saturated carbocycles. The van der Waals surface area contributed by atoms with Crippen molar-refractivity contribution < 1.29 is 18.0 Å². The fourth-order valence-corrected chi connectivity index (χ4v) is 5.33. The standard InChI is InChI=1S/C21H18ClF3N4OS/c22-17-18(20(30)28-9-3-6-12-5-1-2-7-14(12)28)27-29-16(21(23,24)25)11-13(26-19(17)29)15-8-4-10-31-15/h1-2,4-5,7-8,10,13,16,26H,3,6,9,11H2/t13-,16+/m0/s1. The molecule has 5 nitrogen and oxygen atoms in total. The quantitative estimate of drug-likeness (QED) is 0.515. The molecule has 2 aliphatic rings. The molecule has 2 atom stereocenters. The minimum absolute atomic E-state index is 0.0299. The molecule has 3 aromatic rings. The van der Waals surface area contributed by atoms with Crippen molar-refractivity contribution in [2.75, 3.05) is 16.8 Å². The number of nitrogens with one attached hydrogen (secondary N) is 1. The molecule has 5 rings (SSSR count). The summed E-state index contributed by atoms with van der Waals surface area (Å²) in [6.07, 6.45) is -3.15. The molecule has 0 radical (unpaired) electrons. The zero-order valence-electron chi connectivity index (χ0n) is 16.2. The van der Waals surface area contributed by atoms with E-state index >= 15 is 0 Å². The molecule has 0 fully saturated rings. The summed E-state index contributed by atoms with van der Waals surface area (Å²) in [6.45, 7) is 0.461. The van der Waals surface area contributed by atoms with Crippen LogP contribution in [0.1, 0.15) is 45.9 Å². The molecule has 2 aromatic heterocycles. The monoisotopic (exact) mass is 466 g/mol. The number of nitrogens with zero attached hydrogens (tertiary/aromatic N) is 3. The summed E-state index contributed by atoms with van der Waals surface area (Å²) in [5, 5.41) is 8.89. The van der Waals surface area contributed by atoms with E-state index in [0.29, 0.717) is 6.54 Å². The third kappa shape index (κ3) is 3.49. The predicted molar refractivity (Wildman–Crippen MR) is 114 cm³/mol. The number of anilines is 2. The van der Waals surface area contributed by atoms with Crippen molar-refractivity contribution in [2.45, 2.75) is 37.5 Å². The SMILES string of the molecule is O=C(c1nn2c(c1Cl)N[C@H](c1cccs1)C[C@@H]2C(F)(F)F)N1CCCc2ccccc21. The highest BCUT2D eigenvalue weighted by Crippen LogP contribution is 2.47. The second kappa shape index (κ2) is 7.56. The van der Waals surface area contributed by atoms with Crippen LogP contribution in [0, 0.1) is 0 Å². The molecule has 0 spiro atoms. The zero-order chi connectivity index (χ0) is 21.8. The van der Waals surface area contributed by atoms with Gasteiger partial charge in [0.2, 0.25) is 0 Å². The molecule has 0 aliphatic carbocycles. The van der Waals surface area contributed by atoms with Crippen molar-refractivity contribution in [3.05, 3.63) is 62.9 Å². The highest BCUT2D eigenvalue weighted by molar-refractivity contribution is 7.10. The molecule has 4 heterocycles. The van der Waals surface area contributed by atoms with Gasteiger partial charge in [-0.15, -0.1) is 11.3 Å². The Hall–Kier alpha value is -2.52. The maximum absolute atomic E-state index is 13.9. The lowest BCUT2D eigenvalue weighted by molar-refractivity contribution is -0.173. The van der Waals surface area contributed by atoms with E-state index < -0.39 is 24.2 Å². The second-order valence-electron chi connectivity index (χ2n) is 7.65. The molecule has 10 heteroatoms. The number of halogens is 4. The van der Waals surface area contributed by atoms with Gasteiger partial charge in [0.1, 0.15) is 10.8 Å². The lowest BCUT2D eigenvalue weighted by atomic mass is 10.0. The first-order valence-electron chi connectivity index (χ1n) is 9.89. The number of para-hydroxylation sites is 1. The van der Waals surface area contributed by atoms with Gasteiger partial charge in [0.05, 0.1) is 6.04 Å². The van der Waals surface area contributed by atoms with Crippen LogP contribution in [-0.4, -0.2) is 28.4 Å². The fourth-order valence-electron chi connectivity index (χ4n) is 4.27. The topological polar surface area (TPSA) is 50.2 Å². The fraction of sp³-hybridized carbons (Fsp3) is 0.333. The number of hydrogen-bond donors (Lipinski definition) is 1. The minimum Gasteiger partial charge on any atom is -0.361 e. The Balaban J connectivity index is 1.56. The highest BCUT2D eigenvalue weighted by atomic mass is 35.5. The number of fused-ring (bicyclic) bond motifs is 2. The molecule has 2 aliphatic heterocycles. The minimum atomic E-state index is -4.53. The Morgan fingerprint density at radius 1 is 1.23 bits per heavy atom. The van der Waals surface area contributed by atoms with Crippen LogP contribution >= 0.6 is 22.9 Å². The van der Waals surface area contributed by atoms with Gasteiger partial charge >= 0.3 is 6.18 Å². The third-order valence-electron chi connectivity index (χ3n) is 5.74. The van der Waals surface area contributed by atoms with Gasteiger partial charge in [-0.2, -0.15) is 18.3 Å². The van der Waals surface area contributed by atoms with Crippen LogP contribution in [0.2, 0.25) is 5.02 Å². The number of aromatic nitrogens is 2. The lowest BCUT2D eigenvalue weighted by Gasteiger charge is -2.32. The molecular weight excluding hydrogens is 449 g/mol. The summed E-state index contributed by atoms with van der Waals surface area (Å²) in [5.41, 5.74) is 1.60. The Bertz CT molecular complexity index is 1130. The number of thiophene rings is 1. The van der Waals surface area contributed by atoms with Gasteiger partial charge in [0, 0.05) is 23.5 Å². The van der Waals surface area contributed by atoms with Crippen LogP contribution in [0.4, 0.5) is 24.7 Å². The maximum Gasteiger partial charge on any atom is 0.410 e. The highest BCUT2D eigenvalue weighted by Gasteiger charge is 2.48. The van der Waals surface area contributed by atoms with Crippen LogP contribution in [0.5, 0.6) is 0 Å². The number of amides is 1. The number of aryl methyl sites for hydroxylation is 1.